The highest BCUT2D eigenvalue weighted by Crippen LogP contribution is 2.39. The van der Waals surface area contributed by atoms with Gasteiger partial charge >= 0.3 is 0 Å². The minimum atomic E-state index is -0.802. The Morgan fingerprint density at radius 2 is 1.73 bits per heavy atom. The molecule has 0 aliphatic carbocycles. The molecule has 1 aliphatic heterocycles. The molecule has 0 spiro atoms. The topological polar surface area (TPSA) is 87.1 Å². The average molecular weight is 413 g/mol. The molecule has 1 atom stereocenters. The Kier molecular flexibility index (Phi) is 6.97. The third-order valence-corrected chi connectivity index (χ3v) is 5.07. The number of rotatable bonds is 8. The molecule has 0 saturated carbocycles. The molecule has 1 saturated heterocycles. The summed E-state index contributed by atoms with van der Waals surface area (Å²) in [4.78, 5) is 26.9. The Morgan fingerprint density at radius 3 is 2.33 bits per heavy atom. The van der Waals surface area contributed by atoms with E-state index in [9.17, 15) is 19.1 Å². The number of benzene rings is 2. The van der Waals surface area contributed by atoms with Gasteiger partial charge in [-0.05, 0) is 41.8 Å². The molecule has 2 aromatic rings. The van der Waals surface area contributed by atoms with E-state index in [0.29, 0.717) is 5.56 Å². The minimum absolute atomic E-state index is 0.0435. The van der Waals surface area contributed by atoms with E-state index in [4.69, 9.17) is 9.84 Å². The number of ether oxygens (including phenoxy) is 1. The van der Waals surface area contributed by atoms with Crippen LogP contribution in [0.15, 0.2) is 54.1 Å². The Balaban J connectivity index is 2.05. The van der Waals surface area contributed by atoms with Crippen LogP contribution in [-0.4, -0.2) is 53.2 Å². The molecule has 7 heteroatoms. The fraction of sp³-hybridized carbons (Fsp3) is 0.304. The maximum absolute atomic E-state index is 13.3. The van der Waals surface area contributed by atoms with E-state index in [1.54, 1.807) is 0 Å². The molecule has 1 aliphatic rings. The van der Waals surface area contributed by atoms with Crippen LogP contribution in [0.4, 0.5) is 4.39 Å². The van der Waals surface area contributed by atoms with Gasteiger partial charge in [-0.3, -0.25) is 9.59 Å². The first-order valence-corrected chi connectivity index (χ1v) is 9.79. The molecular weight excluding hydrogens is 389 g/mol. The first-order valence-electron chi connectivity index (χ1n) is 9.79. The highest BCUT2D eigenvalue weighted by molar-refractivity contribution is 6.46. The lowest BCUT2D eigenvalue weighted by atomic mass is 9.94. The summed E-state index contributed by atoms with van der Waals surface area (Å²) in [5, 5.41) is 19.7. The van der Waals surface area contributed by atoms with Crippen molar-refractivity contribution in [3.63, 3.8) is 0 Å². The Morgan fingerprint density at radius 1 is 1.07 bits per heavy atom. The van der Waals surface area contributed by atoms with E-state index in [0.717, 1.165) is 12.0 Å². The Bertz CT molecular complexity index is 937. The number of carbonyl (C=O) groups excluding carboxylic acids is 2. The van der Waals surface area contributed by atoms with Crippen molar-refractivity contribution in [3.8, 4) is 0 Å². The van der Waals surface area contributed by atoms with Gasteiger partial charge in [0.1, 0.15) is 11.6 Å². The van der Waals surface area contributed by atoms with Gasteiger partial charge in [0.15, 0.2) is 0 Å². The quantitative estimate of drug-likeness (QED) is 0.301. The third-order valence-electron chi connectivity index (χ3n) is 5.07. The lowest BCUT2D eigenvalue weighted by molar-refractivity contribution is -0.140. The van der Waals surface area contributed by atoms with Crippen molar-refractivity contribution in [2.24, 2.45) is 0 Å². The molecule has 158 valence electrons. The molecule has 30 heavy (non-hydrogen) atoms. The molecule has 1 fully saturated rings. The van der Waals surface area contributed by atoms with Gasteiger partial charge in [0.2, 0.25) is 0 Å². The highest BCUT2D eigenvalue weighted by Gasteiger charge is 2.45. The summed E-state index contributed by atoms with van der Waals surface area (Å²) < 4.78 is 18.6. The molecule has 6 nitrogen and oxygen atoms in total. The van der Waals surface area contributed by atoms with Crippen molar-refractivity contribution < 1.29 is 28.9 Å². The largest absolute Gasteiger partial charge is 0.507 e. The molecule has 1 amide bonds. The third kappa shape index (κ3) is 4.42. The number of amides is 1. The number of Topliss-reactive ketones (excluding diaryl/α,β-unsaturated/α-hetero) is 1. The van der Waals surface area contributed by atoms with E-state index >= 15 is 0 Å². The minimum Gasteiger partial charge on any atom is -0.507 e. The van der Waals surface area contributed by atoms with Gasteiger partial charge in [-0.25, -0.2) is 4.39 Å². The number of carbonyl (C=O) groups is 2. The number of ketones is 1. The average Bonchev–Trinajstić information content (AvgIpc) is 3.01. The SMILES string of the molecule is CCc1ccc(C2C(=C(O)c3ccc(F)cc3)C(=O)C(=O)N2CCOCCO)cc1. The predicted octanol–water partition coefficient (Wildman–Crippen LogP) is 2.82. The summed E-state index contributed by atoms with van der Waals surface area (Å²) in [5.41, 5.74) is 1.98. The van der Waals surface area contributed by atoms with E-state index in [-0.39, 0.29) is 43.3 Å². The zero-order valence-corrected chi connectivity index (χ0v) is 16.7. The summed E-state index contributed by atoms with van der Waals surface area (Å²) in [5.74, 6) is -2.36. The number of halogens is 1. The standard InChI is InChI=1S/C23H24FNO5/c1-2-15-3-5-16(6-4-15)20-19(21(27)17-7-9-18(24)10-8-17)22(28)23(29)25(20)11-13-30-14-12-26/h3-10,20,26-27H,2,11-14H2,1H3. The first-order chi connectivity index (χ1) is 14.5. The van der Waals surface area contributed by atoms with Crippen molar-refractivity contribution >= 4 is 17.4 Å². The number of aliphatic hydroxyl groups excluding tert-OH is 2. The van der Waals surface area contributed by atoms with Crippen LogP contribution in [0.3, 0.4) is 0 Å². The molecule has 0 bridgehead atoms. The van der Waals surface area contributed by atoms with Crippen molar-refractivity contribution in [2.75, 3.05) is 26.4 Å². The summed E-state index contributed by atoms with van der Waals surface area (Å²) in [6.45, 7) is 2.24. The molecule has 2 aromatic carbocycles. The summed E-state index contributed by atoms with van der Waals surface area (Å²) >= 11 is 0. The van der Waals surface area contributed by atoms with Crippen LogP contribution >= 0.6 is 0 Å². The van der Waals surface area contributed by atoms with Gasteiger partial charge in [-0.2, -0.15) is 0 Å². The van der Waals surface area contributed by atoms with Crippen LogP contribution in [0.2, 0.25) is 0 Å². The van der Waals surface area contributed by atoms with E-state index < -0.39 is 23.5 Å². The monoisotopic (exact) mass is 413 g/mol. The number of nitrogens with zero attached hydrogens (tertiary/aromatic N) is 1. The van der Waals surface area contributed by atoms with E-state index in [1.807, 2.05) is 31.2 Å². The maximum Gasteiger partial charge on any atom is 0.295 e. The molecule has 2 N–H and O–H groups in total. The van der Waals surface area contributed by atoms with Crippen molar-refractivity contribution in [3.05, 3.63) is 76.6 Å². The zero-order chi connectivity index (χ0) is 21.7. The van der Waals surface area contributed by atoms with Crippen molar-refractivity contribution in [1.82, 2.24) is 4.90 Å². The second kappa shape index (κ2) is 9.65. The fourth-order valence-corrected chi connectivity index (χ4v) is 3.49. The number of likely N-dealkylation sites (tertiary alicyclic amines) is 1. The van der Waals surface area contributed by atoms with Crippen molar-refractivity contribution in [1.29, 1.82) is 0 Å². The molecule has 1 unspecified atom stereocenters. The van der Waals surface area contributed by atoms with Crippen LogP contribution in [0.5, 0.6) is 0 Å². The molecule has 0 radical (unpaired) electrons. The van der Waals surface area contributed by atoms with Gasteiger partial charge in [0.05, 0.1) is 31.4 Å². The van der Waals surface area contributed by atoms with Crippen LogP contribution in [-0.2, 0) is 20.7 Å². The van der Waals surface area contributed by atoms with Gasteiger partial charge < -0.3 is 19.8 Å². The summed E-state index contributed by atoms with van der Waals surface area (Å²) in [6, 6.07) is 11.8. The van der Waals surface area contributed by atoms with Gasteiger partial charge in [0, 0.05) is 12.1 Å². The second-order valence-corrected chi connectivity index (χ2v) is 6.93. The summed E-state index contributed by atoms with van der Waals surface area (Å²) in [7, 11) is 0. The lowest BCUT2D eigenvalue weighted by Crippen LogP contribution is -2.33. The fourth-order valence-electron chi connectivity index (χ4n) is 3.49. The maximum atomic E-state index is 13.3. The van der Waals surface area contributed by atoms with Gasteiger partial charge in [-0.1, -0.05) is 31.2 Å². The number of aryl methyl sites for hydroxylation is 1. The summed E-state index contributed by atoms with van der Waals surface area (Å²) in [6.07, 6.45) is 0.838. The second-order valence-electron chi connectivity index (χ2n) is 6.93. The van der Waals surface area contributed by atoms with E-state index in [2.05, 4.69) is 0 Å². The Labute approximate surface area is 174 Å². The van der Waals surface area contributed by atoms with Gasteiger partial charge in [0.25, 0.3) is 11.7 Å². The first kappa shape index (κ1) is 21.7. The number of aliphatic hydroxyl groups is 2. The zero-order valence-electron chi connectivity index (χ0n) is 16.7. The molecule has 3 rings (SSSR count). The van der Waals surface area contributed by atoms with Crippen LogP contribution < -0.4 is 0 Å². The Hall–Kier alpha value is -3.03. The molecular formula is C23H24FNO5. The van der Waals surface area contributed by atoms with Crippen LogP contribution in [0.25, 0.3) is 5.76 Å². The van der Waals surface area contributed by atoms with Gasteiger partial charge in [-0.15, -0.1) is 0 Å². The normalized spacial score (nSPS) is 18.2. The highest BCUT2D eigenvalue weighted by atomic mass is 19.1. The smallest absolute Gasteiger partial charge is 0.295 e. The molecule has 0 aromatic heterocycles. The van der Waals surface area contributed by atoms with Crippen LogP contribution in [0, 0.1) is 5.82 Å². The van der Waals surface area contributed by atoms with E-state index in [1.165, 1.54) is 29.2 Å². The lowest BCUT2D eigenvalue weighted by Gasteiger charge is -2.25. The number of hydrogen-bond donors (Lipinski definition) is 2. The molecule has 1 heterocycles. The van der Waals surface area contributed by atoms with Crippen molar-refractivity contribution in [2.45, 2.75) is 19.4 Å². The van der Waals surface area contributed by atoms with Crippen LogP contribution in [0.1, 0.15) is 29.7 Å². The predicted molar refractivity (Wildman–Crippen MR) is 109 cm³/mol. The number of hydrogen-bond acceptors (Lipinski definition) is 5.